The molecule has 0 aromatic rings. The molecule has 0 aromatic carbocycles. The summed E-state index contributed by atoms with van der Waals surface area (Å²) in [4.78, 5) is 10.7. The molecule has 0 spiro atoms. The fourth-order valence-corrected chi connectivity index (χ4v) is 3.88. The number of oxime groups is 2. The highest BCUT2D eigenvalue weighted by Crippen LogP contribution is 2.36. The summed E-state index contributed by atoms with van der Waals surface area (Å²) < 4.78 is 0. The Hall–Kier alpha value is -2.03. The Kier molecular flexibility index (Phi) is 17.5. The topological polar surface area (TPSA) is 70.6 Å². The summed E-state index contributed by atoms with van der Waals surface area (Å²) in [7, 11) is 0. The van der Waals surface area contributed by atoms with Gasteiger partial charge in [0, 0.05) is 16.3 Å². The van der Waals surface area contributed by atoms with E-state index in [9.17, 15) is 0 Å². The van der Waals surface area contributed by atoms with Gasteiger partial charge in [0.05, 0.1) is 18.3 Å². The van der Waals surface area contributed by atoms with E-state index in [1.54, 1.807) is 0 Å². The third-order valence-electron chi connectivity index (χ3n) is 6.91. The van der Waals surface area contributed by atoms with Crippen LogP contribution in [0.4, 0.5) is 0 Å². The van der Waals surface area contributed by atoms with Crippen LogP contribution in [0, 0.1) is 22.6 Å². The molecule has 0 fully saturated rings. The van der Waals surface area contributed by atoms with Crippen molar-refractivity contribution in [2.45, 2.75) is 133 Å². The molecule has 0 saturated heterocycles. The molecule has 2 heterocycles. The molecule has 2 aliphatic heterocycles. The maximum atomic E-state index is 8.81. The van der Waals surface area contributed by atoms with Crippen molar-refractivity contribution in [2.24, 2.45) is 21.6 Å². The van der Waals surface area contributed by atoms with Gasteiger partial charge in [-0.2, -0.15) is 0 Å². The SMILES string of the molecule is CC#[N+][O-].CC/C=C(/C)CC.CCC1C(C)=NOC1(C)CC.CCC1ON=C(C)C1(C)CC. The highest BCUT2D eigenvalue weighted by Gasteiger charge is 2.41. The monoisotopic (exact) mass is 465 g/mol. The van der Waals surface area contributed by atoms with Crippen molar-refractivity contribution in [3.63, 3.8) is 0 Å². The second kappa shape index (κ2) is 17.4. The van der Waals surface area contributed by atoms with E-state index in [0.29, 0.717) is 12.0 Å². The van der Waals surface area contributed by atoms with Crippen LogP contribution < -0.4 is 0 Å². The van der Waals surface area contributed by atoms with Gasteiger partial charge in [0.15, 0.2) is 0 Å². The van der Waals surface area contributed by atoms with Gasteiger partial charge in [-0.3, -0.25) is 0 Å². The summed E-state index contributed by atoms with van der Waals surface area (Å²) in [5.41, 5.74) is 3.96. The van der Waals surface area contributed by atoms with Crippen molar-refractivity contribution < 1.29 is 9.68 Å². The van der Waals surface area contributed by atoms with Gasteiger partial charge in [-0.05, 0) is 66.2 Å². The Morgan fingerprint density at radius 2 is 1.64 bits per heavy atom. The average Bonchev–Trinajstić information content (AvgIpc) is 3.29. The molecular formula is C27H51N3O3. The normalized spacial score (nSPS) is 27.5. The first-order valence-corrected chi connectivity index (χ1v) is 12.6. The van der Waals surface area contributed by atoms with E-state index >= 15 is 0 Å². The summed E-state index contributed by atoms with van der Waals surface area (Å²) in [6.07, 6.45) is 9.26. The molecule has 2 aliphatic rings. The zero-order valence-electron chi connectivity index (χ0n) is 23.5. The van der Waals surface area contributed by atoms with E-state index < -0.39 is 0 Å². The Bertz CT molecular complexity index is 684. The van der Waals surface area contributed by atoms with E-state index in [1.807, 2.05) is 6.07 Å². The molecule has 192 valence electrons. The van der Waals surface area contributed by atoms with E-state index in [1.165, 1.54) is 25.3 Å². The van der Waals surface area contributed by atoms with Gasteiger partial charge in [-0.15, -0.1) is 0 Å². The Labute approximate surface area is 204 Å². The number of allylic oxidation sites excluding steroid dienone is 2. The minimum absolute atomic E-state index is 0.0289. The molecule has 4 unspecified atom stereocenters. The minimum Gasteiger partial charge on any atom is -0.498 e. The molecule has 2 rings (SSSR count). The molecule has 33 heavy (non-hydrogen) atoms. The van der Waals surface area contributed by atoms with Crippen molar-refractivity contribution in [3.05, 3.63) is 21.9 Å². The standard InChI is InChI=1S/2C9H17NO.C7H14.C2H3NO/c1-5-8-9(4,6-2)7(3)10-11-8;1-5-8-7(3)10-11-9(8,4)6-2;1-4-6-7(3)5-2;1-2-3-4/h2*8H,5-6H2,1-4H3;6H,4-5H2,1-3H3;1H3/b;;7-6-;. The van der Waals surface area contributed by atoms with Crippen LogP contribution in [0.5, 0.6) is 0 Å². The third-order valence-corrected chi connectivity index (χ3v) is 6.91. The largest absolute Gasteiger partial charge is 0.498 e. The van der Waals surface area contributed by atoms with Gasteiger partial charge in [0.1, 0.15) is 11.7 Å². The lowest BCUT2D eigenvalue weighted by Gasteiger charge is -2.26. The van der Waals surface area contributed by atoms with Crippen molar-refractivity contribution in [3.8, 4) is 6.07 Å². The molecule has 6 heteroatoms. The zero-order chi connectivity index (χ0) is 26.1. The Morgan fingerprint density at radius 1 is 1.06 bits per heavy atom. The van der Waals surface area contributed by atoms with Crippen LogP contribution in [-0.4, -0.2) is 23.1 Å². The lowest BCUT2D eigenvalue weighted by Crippen LogP contribution is -2.33. The second-order valence-electron chi connectivity index (χ2n) is 9.03. The molecule has 0 bridgehead atoms. The lowest BCUT2D eigenvalue weighted by atomic mass is 9.77. The molecule has 6 nitrogen and oxygen atoms in total. The average molecular weight is 466 g/mol. The molecular weight excluding hydrogens is 414 g/mol. The van der Waals surface area contributed by atoms with Crippen LogP contribution in [0.25, 0.3) is 5.01 Å². The van der Waals surface area contributed by atoms with E-state index in [4.69, 9.17) is 14.9 Å². The zero-order valence-corrected chi connectivity index (χ0v) is 23.5. The maximum Gasteiger partial charge on any atom is 0.294 e. The van der Waals surface area contributed by atoms with Gasteiger partial charge in [-0.1, -0.05) is 70.4 Å². The first-order valence-electron chi connectivity index (χ1n) is 12.6. The van der Waals surface area contributed by atoms with Crippen LogP contribution >= 0.6 is 0 Å². The van der Waals surface area contributed by atoms with Gasteiger partial charge < -0.3 is 14.9 Å². The number of hydrogen-bond donors (Lipinski definition) is 0. The summed E-state index contributed by atoms with van der Waals surface area (Å²) in [6.45, 7) is 25.1. The molecule has 0 saturated carbocycles. The highest BCUT2D eigenvalue weighted by molar-refractivity contribution is 5.88. The van der Waals surface area contributed by atoms with Gasteiger partial charge >= 0.3 is 0 Å². The third kappa shape index (κ3) is 10.6. The fourth-order valence-electron chi connectivity index (χ4n) is 3.88. The number of nitrogens with zero attached hydrogens (tertiary/aromatic N) is 3. The van der Waals surface area contributed by atoms with Gasteiger partial charge in [0.25, 0.3) is 6.07 Å². The second-order valence-corrected chi connectivity index (χ2v) is 9.03. The smallest absolute Gasteiger partial charge is 0.294 e. The Balaban J connectivity index is 0. The maximum absolute atomic E-state index is 8.81. The molecule has 4 atom stereocenters. The van der Waals surface area contributed by atoms with Crippen molar-refractivity contribution >= 4 is 11.4 Å². The highest BCUT2D eigenvalue weighted by atomic mass is 16.7. The summed E-state index contributed by atoms with van der Waals surface area (Å²) in [5.74, 6) is 0.521. The molecule has 0 amide bonds. The van der Waals surface area contributed by atoms with Crippen LogP contribution in [-0.2, 0) is 9.68 Å². The van der Waals surface area contributed by atoms with Crippen LogP contribution in [0.15, 0.2) is 22.0 Å². The van der Waals surface area contributed by atoms with Crippen molar-refractivity contribution in [2.75, 3.05) is 0 Å². The molecule has 0 aliphatic carbocycles. The van der Waals surface area contributed by atoms with Crippen LogP contribution in [0.2, 0.25) is 0 Å². The van der Waals surface area contributed by atoms with Crippen molar-refractivity contribution in [1.29, 1.82) is 0 Å². The predicted molar refractivity (Wildman–Crippen MR) is 144 cm³/mol. The van der Waals surface area contributed by atoms with E-state index in [2.05, 4.69) is 97.6 Å². The number of hydrogen-bond acceptors (Lipinski definition) is 5. The number of rotatable bonds is 6. The Morgan fingerprint density at radius 3 is 1.91 bits per heavy atom. The summed E-state index contributed by atoms with van der Waals surface area (Å²) in [5, 5.41) is 19.1. The molecule has 0 aromatic heterocycles. The molecule has 0 radical (unpaired) electrons. The predicted octanol–water partition coefficient (Wildman–Crippen LogP) is 8.76. The minimum atomic E-state index is -0.0289. The fraction of sp³-hybridized carbons (Fsp3) is 0.815. The van der Waals surface area contributed by atoms with Crippen molar-refractivity contribution in [1.82, 2.24) is 0 Å². The first-order chi connectivity index (χ1) is 15.5. The van der Waals surface area contributed by atoms with Crippen LogP contribution in [0.1, 0.15) is 122 Å². The first kappa shape index (κ1) is 33.1. The van der Waals surface area contributed by atoms with Gasteiger partial charge in [-0.25, -0.2) is 0 Å². The van der Waals surface area contributed by atoms with Gasteiger partial charge in [0.2, 0.25) is 0 Å². The lowest BCUT2D eigenvalue weighted by molar-refractivity contribution is -0.0332. The quantitative estimate of drug-likeness (QED) is 0.291. The van der Waals surface area contributed by atoms with Crippen LogP contribution in [0.3, 0.4) is 0 Å². The summed E-state index contributed by atoms with van der Waals surface area (Å²) in [6, 6.07) is 2.00. The van der Waals surface area contributed by atoms with E-state index in [-0.39, 0.29) is 11.0 Å². The van der Waals surface area contributed by atoms with E-state index in [0.717, 1.165) is 37.1 Å². The summed E-state index contributed by atoms with van der Waals surface area (Å²) >= 11 is 0. The molecule has 0 N–H and O–H groups in total.